The predicted octanol–water partition coefficient (Wildman–Crippen LogP) is 3.82. The maximum Gasteiger partial charge on any atom is 0.302 e. The summed E-state index contributed by atoms with van der Waals surface area (Å²) in [4.78, 5) is 11.4. The molecule has 1 heterocycles. The van der Waals surface area contributed by atoms with Gasteiger partial charge < -0.3 is 14.2 Å². The van der Waals surface area contributed by atoms with E-state index in [1.165, 1.54) is 51.9 Å². The van der Waals surface area contributed by atoms with E-state index in [0.29, 0.717) is 13.2 Å². The molecule has 0 amide bonds. The fraction of sp³-hybridized carbons (Fsp3) is 0.941. The van der Waals surface area contributed by atoms with Gasteiger partial charge in [-0.05, 0) is 19.3 Å². The zero-order valence-electron chi connectivity index (χ0n) is 13.4. The van der Waals surface area contributed by atoms with Crippen LogP contribution >= 0.6 is 0 Å². The molecule has 4 heteroatoms. The van der Waals surface area contributed by atoms with Crippen molar-refractivity contribution in [3.05, 3.63) is 0 Å². The number of ether oxygens (including phenoxy) is 3. The quantitative estimate of drug-likeness (QED) is 0.727. The van der Waals surface area contributed by atoms with Gasteiger partial charge >= 0.3 is 5.97 Å². The zero-order valence-corrected chi connectivity index (χ0v) is 13.4. The van der Waals surface area contributed by atoms with Crippen molar-refractivity contribution >= 4 is 5.97 Å². The topological polar surface area (TPSA) is 44.8 Å². The number of hydrogen-bond donors (Lipinski definition) is 0. The summed E-state index contributed by atoms with van der Waals surface area (Å²) in [6.45, 7) is 2.82. The van der Waals surface area contributed by atoms with Crippen molar-refractivity contribution in [3.8, 4) is 0 Å². The molecule has 2 aliphatic rings. The largest absolute Gasteiger partial charge is 0.462 e. The highest BCUT2D eigenvalue weighted by Crippen LogP contribution is 2.30. The van der Waals surface area contributed by atoms with Crippen molar-refractivity contribution in [2.24, 2.45) is 5.92 Å². The molecule has 0 unspecified atom stereocenters. The van der Waals surface area contributed by atoms with Gasteiger partial charge in [-0.1, -0.05) is 44.9 Å². The van der Waals surface area contributed by atoms with E-state index in [1.54, 1.807) is 0 Å². The van der Waals surface area contributed by atoms with Gasteiger partial charge in [0.15, 0.2) is 6.29 Å². The van der Waals surface area contributed by atoms with Crippen LogP contribution < -0.4 is 0 Å². The van der Waals surface area contributed by atoms with Gasteiger partial charge in [-0.3, -0.25) is 4.79 Å². The van der Waals surface area contributed by atoms with E-state index in [1.807, 2.05) is 0 Å². The van der Waals surface area contributed by atoms with Crippen LogP contribution in [0.15, 0.2) is 0 Å². The molecule has 21 heavy (non-hydrogen) atoms. The van der Waals surface area contributed by atoms with Gasteiger partial charge in [0.05, 0.1) is 13.2 Å². The first-order chi connectivity index (χ1) is 10.3. The molecule has 0 aromatic carbocycles. The van der Waals surface area contributed by atoms with Crippen LogP contribution in [0.5, 0.6) is 0 Å². The van der Waals surface area contributed by atoms with Crippen LogP contribution in [0, 0.1) is 5.92 Å². The molecular formula is C17H30O4. The monoisotopic (exact) mass is 298 g/mol. The fourth-order valence-electron chi connectivity index (χ4n) is 3.48. The second kappa shape index (κ2) is 9.42. The van der Waals surface area contributed by atoms with Crippen LogP contribution in [0.3, 0.4) is 0 Å². The predicted molar refractivity (Wildman–Crippen MR) is 80.9 cm³/mol. The summed E-state index contributed by atoms with van der Waals surface area (Å²) in [7, 11) is 0. The average Bonchev–Trinajstić information content (AvgIpc) is 2.95. The van der Waals surface area contributed by atoms with Crippen molar-refractivity contribution in [3.63, 3.8) is 0 Å². The second-order valence-corrected chi connectivity index (χ2v) is 6.33. The van der Waals surface area contributed by atoms with Crippen molar-refractivity contribution in [2.75, 3.05) is 13.2 Å². The van der Waals surface area contributed by atoms with E-state index in [0.717, 1.165) is 19.3 Å². The SMILES string of the molecule is CC(=O)O[C@H]1CCCCCCCCCC[C@@H]1C1OCCO1. The van der Waals surface area contributed by atoms with E-state index >= 15 is 0 Å². The molecule has 0 bridgehead atoms. The number of esters is 1. The normalized spacial score (nSPS) is 30.3. The van der Waals surface area contributed by atoms with Crippen molar-refractivity contribution < 1.29 is 19.0 Å². The van der Waals surface area contributed by atoms with Gasteiger partial charge in [0, 0.05) is 12.8 Å². The van der Waals surface area contributed by atoms with Gasteiger partial charge in [0.1, 0.15) is 6.10 Å². The van der Waals surface area contributed by atoms with E-state index in [-0.39, 0.29) is 24.3 Å². The minimum Gasteiger partial charge on any atom is -0.462 e. The van der Waals surface area contributed by atoms with Crippen molar-refractivity contribution in [2.45, 2.75) is 83.5 Å². The summed E-state index contributed by atoms with van der Waals surface area (Å²) in [6, 6.07) is 0. The molecule has 0 N–H and O–H groups in total. The minimum absolute atomic E-state index is 0.0509. The molecule has 4 nitrogen and oxygen atoms in total. The number of hydrogen-bond acceptors (Lipinski definition) is 4. The molecule has 1 aliphatic carbocycles. The molecule has 0 aromatic rings. The van der Waals surface area contributed by atoms with Gasteiger partial charge in [-0.2, -0.15) is 0 Å². The molecule has 0 radical (unpaired) electrons. The summed E-state index contributed by atoms with van der Waals surface area (Å²) in [5, 5.41) is 0. The molecule has 1 aliphatic heterocycles. The van der Waals surface area contributed by atoms with Gasteiger partial charge in [-0.25, -0.2) is 0 Å². The molecule has 0 spiro atoms. The summed E-state index contributed by atoms with van der Waals surface area (Å²) >= 11 is 0. The van der Waals surface area contributed by atoms with E-state index < -0.39 is 0 Å². The summed E-state index contributed by atoms with van der Waals surface area (Å²) in [6.07, 6.45) is 11.8. The maximum absolute atomic E-state index is 11.4. The first-order valence-electron chi connectivity index (χ1n) is 8.68. The Morgan fingerprint density at radius 3 is 1.95 bits per heavy atom. The third-order valence-electron chi connectivity index (χ3n) is 4.57. The Morgan fingerprint density at radius 2 is 1.38 bits per heavy atom. The Morgan fingerprint density at radius 1 is 0.857 bits per heavy atom. The van der Waals surface area contributed by atoms with Crippen molar-refractivity contribution in [1.82, 2.24) is 0 Å². The molecule has 2 rings (SSSR count). The Labute approximate surface area is 128 Å². The maximum atomic E-state index is 11.4. The second-order valence-electron chi connectivity index (χ2n) is 6.33. The first-order valence-corrected chi connectivity index (χ1v) is 8.68. The smallest absolute Gasteiger partial charge is 0.302 e. The standard InChI is InChI=1S/C17H30O4/c1-14(18)21-16-11-9-7-5-3-2-4-6-8-10-15(16)17-19-12-13-20-17/h15-17H,2-13H2,1H3/t15-,16-/m0/s1. The lowest BCUT2D eigenvalue weighted by Crippen LogP contribution is -2.35. The lowest BCUT2D eigenvalue weighted by molar-refractivity contribution is -0.164. The van der Waals surface area contributed by atoms with Crippen LogP contribution in [0.4, 0.5) is 0 Å². The van der Waals surface area contributed by atoms with Crippen LogP contribution in [0.1, 0.15) is 71.1 Å². The van der Waals surface area contributed by atoms with Crippen LogP contribution in [0.25, 0.3) is 0 Å². The van der Waals surface area contributed by atoms with Crippen LogP contribution in [-0.4, -0.2) is 31.6 Å². The fourth-order valence-corrected chi connectivity index (χ4v) is 3.48. The first kappa shape index (κ1) is 16.8. The molecule has 0 aromatic heterocycles. The Hall–Kier alpha value is -0.610. The summed E-state index contributed by atoms with van der Waals surface area (Å²) < 4.78 is 17.1. The molecule has 2 fully saturated rings. The zero-order chi connectivity index (χ0) is 14.9. The molecule has 1 saturated heterocycles. The number of rotatable bonds is 2. The number of carbonyl (C=O) groups is 1. The highest BCUT2D eigenvalue weighted by molar-refractivity contribution is 5.66. The van der Waals surface area contributed by atoms with Crippen LogP contribution in [-0.2, 0) is 19.0 Å². The number of carbonyl (C=O) groups excluding carboxylic acids is 1. The van der Waals surface area contributed by atoms with Gasteiger partial charge in [0.2, 0.25) is 0 Å². The highest BCUT2D eigenvalue weighted by Gasteiger charge is 2.34. The van der Waals surface area contributed by atoms with E-state index in [4.69, 9.17) is 14.2 Å². The third kappa shape index (κ3) is 5.95. The lowest BCUT2D eigenvalue weighted by atomic mass is 9.89. The van der Waals surface area contributed by atoms with Crippen molar-refractivity contribution in [1.29, 1.82) is 0 Å². The molecule has 2 atom stereocenters. The molecule has 122 valence electrons. The van der Waals surface area contributed by atoms with Gasteiger partial charge in [-0.15, -0.1) is 0 Å². The Balaban J connectivity index is 1.99. The van der Waals surface area contributed by atoms with E-state index in [9.17, 15) is 4.79 Å². The third-order valence-corrected chi connectivity index (χ3v) is 4.57. The lowest BCUT2D eigenvalue weighted by Gasteiger charge is -2.30. The Bertz CT molecular complexity index is 299. The average molecular weight is 298 g/mol. The molecule has 1 saturated carbocycles. The Kier molecular flexibility index (Phi) is 7.51. The van der Waals surface area contributed by atoms with Gasteiger partial charge in [0.25, 0.3) is 0 Å². The highest BCUT2D eigenvalue weighted by atomic mass is 16.7. The minimum atomic E-state index is -0.185. The van der Waals surface area contributed by atoms with E-state index in [2.05, 4.69) is 0 Å². The summed E-state index contributed by atoms with van der Waals surface area (Å²) in [5.74, 6) is 0.00548. The molecular weight excluding hydrogens is 268 g/mol. The van der Waals surface area contributed by atoms with Crippen LogP contribution in [0.2, 0.25) is 0 Å². The summed E-state index contributed by atoms with van der Waals surface area (Å²) in [5.41, 5.74) is 0.